The van der Waals surface area contributed by atoms with Crippen LogP contribution in [-0.4, -0.2) is 24.4 Å². The minimum absolute atomic E-state index is 0.114. The fraction of sp³-hybridized carbons (Fsp3) is 0.136. The number of furan rings is 1. The number of hydrogen-bond donors (Lipinski definition) is 2. The number of hydrogen-bond acceptors (Lipinski definition) is 5. The van der Waals surface area contributed by atoms with E-state index in [0.717, 1.165) is 11.1 Å². The molecule has 2 amide bonds. The molecule has 0 aliphatic carbocycles. The zero-order valence-corrected chi connectivity index (χ0v) is 15.8. The number of aryl methyl sites for hydroxylation is 1. The minimum atomic E-state index is -0.717. The second-order valence-electron chi connectivity index (χ2n) is 6.32. The molecule has 2 aromatic carbocycles. The Balaban J connectivity index is 1.54. The summed E-state index contributed by atoms with van der Waals surface area (Å²) in [4.78, 5) is 36.5. The van der Waals surface area contributed by atoms with Gasteiger partial charge in [0.25, 0.3) is 11.8 Å². The summed E-state index contributed by atoms with van der Waals surface area (Å²) in [5.41, 5.74) is 2.48. The van der Waals surface area contributed by atoms with Crippen LogP contribution in [0.3, 0.4) is 0 Å². The first-order valence-electron chi connectivity index (χ1n) is 8.96. The van der Waals surface area contributed by atoms with E-state index >= 15 is 0 Å². The molecular weight excluding hydrogens is 372 g/mol. The quantitative estimate of drug-likeness (QED) is 0.601. The van der Waals surface area contributed by atoms with Crippen molar-refractivity contribution in [3.63, 3.8) is 0 Å². The van der Waals surface area contributed by atoms with Gasteiger partial charge in [-0.15, -0.1) is 0 Å². The van der Waals surface area contributed by atoms with Crippen molar-refractivity contribution in [2.24, 2.45) is 0 Å². The molecule has 3 aromatic rings. The molecule has 1 aromatic heterocycles. The van der Waals surface area contributed by atoms with E-state index in [1.54, 1.807) is 24.3 Å². The second kappa shape index (κ2) is 9.36. The highest BCUT2D eigenvalue weighted by atomic mass is 16.5. The first kappa shape index (κ1) is 19.9. The number of carbonyl (C=O) groups excluding carboxylic acids is 3. The van der Waals surface area contributed by atoms with E-state index in [0.29, 0.717) is 6.54 Å². The lowest BCUT2D eigenvalue weighted by atomic mass is 10.1. The summed E-state index contributed by atoms with van der Waals surface area (Å²) in [7, 11) is 0. The lowest BCUT2D eigenvalue weighted by Crippen LogP contribution is -2.28. The standard InChI is InChI=1S/C22H20N2O5/c1-15-8-10-16(11-9-15)13-23-20(25)14-29-22(27)17-5-2-3-6-18(17)24-21(26)19-7-4-12-28-19/h2-12H,13-14H2,1H3,(H,23,25)(H,24,26). The van der Waals surface area contributed by atoms with Crippen molar-refractivity contribution in [3.05, 3.63) is 89.4 Å². The summed E-state index contributed by atoms with van der Waals surface area (Å²) in [6.45, 7) is 1.90. The summed E-state index contributed by atoms with van der Waals surface area (Å²) in [6, 6.07) is 17.2. The third-order valence-electron chi connectivity index (χ3n) is 4.08. The molecule has 0 aliphatic heterocycles. The second-order valence-corrected chi connectivity index (χ2v) is 6.32. The summed E-state index contributed by atoms with van der Waals surface area (Å²) in [5, 5.41) is 5.29. The van der Waals surface area contributed by atoms with Crippen LogP contribution >= 0.6 is 0 Å². The predicted molar refractivity (Wildman–Crippen MR) is 106 cm³/mol. The number of ether oxygens (including phenoxy) is 1. The number of carbonyl (C=O) groups is 3. The molecule has 0 radical (unpaired) electrons. The Labute approximate surface area is 167 Å². The highest BCUT2D eigenvalue weighted by Gasteiger charge is 2.17. The lowest BCUT2D eigenvalue weighted by Gasteiger charge is -2.10. The van der Waals surface area contributed by atoms with Crippen LogP contribution in [0.5, 0.6) is 0 Å². The molecule has 0 saturated carbocycles. The summed E-state index contributed by atoms with van der Waals surface area (Å²) in [5.74, 6) is -1.52. The van der Waals surface area contributed by atoms with Crippen molar-refractivity contribution in [2.45, 2.75) is 13.5 Å². The molecule has 29 heavy (non-hydrogen) atoms. The number of esters is 1. The van der Waals surface area contributed by atoms with E-state index in [9.17, 15) is 14.4 Å². The van der Waals surface area contributed by atoms with E-state index in [1.165, 1.54) is 18.4 Å². The van der Waals surface area contributed by atoms with Gasteiger partial charge < -0.3 is 19.8 Å². The van der Waals surface area contributed by atoms with Gasteiger partial charge in [-0.3, -0.25) is 9.59 Å². The van der Waals surface area contributed by atoms with E-state index in [1.807, 2.05) is 31.2 Å². The molecule has 7 nitrogen and oxygen atoms in total. The van der Waals surface area contributed by atoms with E-state index in [4.69, 9.17) is 9.15 Å². The number of para-hydroxylation sites is 1. The average molecular weight is 392 g/mol. The molecule has 0 atom stereocenters. The average Bonchev–Trinajstić information content (AvgIpc) is 3.27. The third-order valence-corrected chi connectivity index (χ3v) is 4.08. The van der Waals surface area contributed by atoms with Crippen LogP contribution in [0.2, 0.25) is 0 Å². The van der Waals surface area contributed by atoms with Gasteiger partial charge in [0.2, 0.25) is 0 Å². The maximum absolute atomic E-state index is 12.4. The van der Waals surface area contributed by atoms with Gasteiger partial charge >= 0.3 is 5.97 Å². The van der Waals surface area contributed by atoms with Crippen molar-refractivity contribution in [1.82, 2.24) is 5.32 Å². The fourth-order valence-corrected chi connectivity index (χ4v) is 2.53. The molecule has 7 heteroatoms. The number of rotatable bonds is 7. The molecule has 3 rings (SSSR count). The maximum Gasteiger partial charge on any atom is 0.340 e. The van der Waals surface area contributed by atoms with Gasteiger partial charge in [0.1, 0.15) is 0 Å². The van der Waals surface area contributed by atoms with Crippen LogP contribution in [0.1, 0.15) is 32.0 Å². The van der Waals surface area contributed by atoms with Crippen molar-refractivity contribution in [3.8, 4) is 0 Å². The zero-order chi connectivity index (χ0) is 20.6. The molecule has 0 saturated heterocycles. The molecule has 0 fully saturated rings. The van der Waals surface area contributed by atoms with Gasteiger partial charge in [-0.1, -0.05) is 42.0 Å². The van der Waals surface area contributed by atoms with Crippen molar-refractivity contribution >= 4 is 23.5 Å². The van der Waals surface area contributed by atoms with Crippen molar-refractivity contribution in [1.29, 1.82) is 0 Å². The maximum atomic E-state index is 12.4. The smallest absolute Gasteiger partial charge is 0.340 e. The Morgan fingerprint density at radius 3 is 2.45 bits per heavy atom. The Kier molecular flexibility index (Phi) is 6.42. The Bertz CT molecular complexity index is 994. The van der Waals surface area contributed by atoms with Crippen LogP contribution in [0, 0.1) is 6.92 Å². The lowest BCUT2D eigenvalue weighted by molar-refractivity contribution is -0.124. The van der Waals surface area contributed by atoms with Crippen LogP contribution < -0.4 is 10.6 Å². The molecule has 0 bridgehead atoms. The normalized spacial score (nSPS) is 10.2. The Morgan fingerprint density at radius 2 is 1.72 bits per heavy atom. The van der Waals surface area contributed by atoms with E-state index < -0.39 is 24.4 Å². The van der Waals surface area contributed by atoms with Gasteiger partial charge in [0.05, 0.1) is 17.5 Å². The fourth-order valence-electron chi connectivity index (χ4n) is 2.53. The first-order valence-corrected chi connectivity index (χ1v) is 8.96. The number of nitrogens with one attached hydrogen (secondary N) is 2. The zero-order valence-electron chi connectivity index (χ0n) is 15.8. The van der Waals surface area contributed by atoms with Gasteiger partial charge in [-0.05, 0) is 36.8 Å². The third kappa shape index (κ3) is 5.55. The molecule has 2 N–H and O–H groups in total. The van der Waals surface area contributed by atoms with Crippen molar-refractivity contribution in [2.75, 3.05) is 11.9 Å². The summed E-state index contributed by atoms with van der Waals surface area (Å²) >= 11 is 0. The van der Waals surface area contributed by atoms with Crippen molar-refractivity contribution < 1.29 is 23.5 Å². The van der Waals surface area contributed by atoms with Crippen LogP contribution in [-0.2, 0) is 16.1 Å². The molecule has 148 valence electrons. The van der Waals surface area contributed by atoms with Gasteiger partial charge in [0.15, 0.2) is 12.4 Å². The molecule has 0 aliphatic rings. The highest BCUT2D eigenvalue weighted by molar-refractivity contribution is 6.06. The van der Waals surface area contributed by atoms with Gasteiger partial charge in [-0.2, -0.15) is 0 Å². The molecule has 0 unspecified atom stereocenters. The highest BCUT2D eigenvalue weighted by Crippen LogP contribution is 2.17. The Hall–Kier alpha value is -3.87. The number of anilines is 1. The number of benzene rings is 2. The monoisotopic (exact) mass is 392 g/mol. The predicted octanol–water partition coefficient (Wildman–Crippen LogP) is 3.31. The summed E-state index contributed by atoms with van der Waals surface area (Å²) < 4.78 is 10.1. The van der Waals surface area contributed by atoms with Gasteiger partial charge in [0, 0.05) is 6.54 Å². The minimum Gasteiger partial charge on any atom is -0.459 e. The molecule has 0 spiro atoms. The topological polar surface area (TPSA) is 97.6 Å². The van der Waals surface area contributed by atoms with Crippen LogP contribution in [0.15, 0.2) is 71.3 Å². The molecule has 1 heterocycles. The van der Waals surface area contributed by atoms with E-state index in [2.05, 4.69) is 10.6 Å². The van der Waals surface area contributed by atoms with E-state index in [-0.39, 0.29) is 17.0 Å². The van der Waals surface area contributed by atoms with Crippen LogP contribution in [0.4, 0.5) is 5.69 Å². The molecular formula is C22H20N2O5. The Morgan fingerprint density at radius 1 is 0.966 bits per heavy atom. The van der Waals surface area contributed by atoms with Gasteiger partial charge in [-0.25, -0.2) is 4.79 Å². The number of amides is 2. The largest absolute Gasteiger partial charge is 0.459 e. The first-order chi connectivity index (χ1) is 14.0. The van der Waals surface area contributed by atoms with Crippen LogP contribution in [0.25, 0.3) is 0 Å². The SMILES string of the molecule is Cc1ccc(CNC(=O)COC(=O)c2ccccc2NC(=O)c2ccco2)cc1. The summed E-state index contributed by atoms with van der Waals surface area (Å²) in [6.07, 6.45) is 1.38.